The molecule has 9 nitrogen and oxygen atoms in total. The Balaban J connectivity index is 0.000000429. The van der Waals surface area contributed by atoms with Crippen LogP contribution in [-0.2, 0) is 11.0 Å². The smallest absolute Gasteiger partial charge is 0.475 e. The normalized spacial score (nSPS) is 12.5. The lowest BCUT2D eigenvalue weighted by Crippen LogP contribution is -2.21. The van der Waals surface area contributed by atoms with Crippen LogP contribution in [0.4, 0.5) is 26.3 Å². The lowest BCUT2D eigenvalue weighted by Gasteiger charge is -2.15. The Morgan fingerprint density at radius 1 is 1.11 bits per heavy atom. The molecule has 4 heterocycles. The van der Waals surface area contributed by atoms with Crippen molar-refractivity contribution in [3.63, 3.8) is 0 Å². The van der Waals surface area contributed by atoms with Crippen LogP contribution in [0.15, 0.2) is 49.3 Å². The summed E-state index contributed by atoms with van der Waals surface area (Å²) in [4.78, 5) is 23.8. The Kier molecular flexibility index (Phi) is 7.04. The van der Waals surface area contributed by atoms with E-state index >= 15 is 0 Å². The fraction of sp³-hybridized carbons (Fsp3) is 0.200. The highest BCUT2D eigenvalue weighted by Gasteiger charge is 2.38. The Hall–Kier alpha value is -4.48. The molecule has 0 radical (unpaired) electrons. The van der Waals surface area contributed by atoms with Gasteiger partial charge in [-0.1, -0.05) is 6.07 Å². The summed E-state index contributed by atoms with van der Waals surface area (Å²) in [5.74, 6) is -2.76. The number of hydrogen-bond acceptors (Lipinski definition) is 6. The van der Waals surface area contributed by atoms with E-state index in [1.54, 1.807) is 18.6 Å². The fourth-order valence-electron chi connectivity index (χ4n) is 2.95. The number of H-pyrrole nitrogens is 1. The van der Waals surface area contributed by atoms with Crippen LogP contribution in [0, 0.1) is 11.3 Å². The van der Waals surface area contributed by atoms with Gasteiger partial charge < -0.3 is 10.1 Å². The molecule has 4 aromatic heterocycles. The van der Waals surface area contributed by atoms with Crippen molar-refractivity contribution in [2.24, 2.45) is 0 Å². The summed E-state index contributed by atoms with van der Waals surface area (Å²) >= 11 is 0. The molecular weight excluding hydrogens is 484 g/mol. The van der Waals surface area contributed by atoms with Gasteiger partial charge in [0.25, 0.3) is 0 Å². The van der Waals surface area contributed by atoms with Gasteiger partial charge in [-0.25, -0.2) is 14.8 Å². The number of nitrogens with one attached hydrogen (secondary N) is 1. The zero-order valence-electron chi connectivity index (χ0n) is 17.2. The van der Waals surface area contributed by atoms with Crippen molar-refractivity contribution < 1.29 is 36.2 Å². The maximum atomic E-state index is 12.7. The molecule has 0 saturated carbocycles. The fourth-order valence-corrected chi connectivity index (χ4v) is 2.95. The molecule has 0 bridgehead atoms. The van der Waals surface area contributed by atoms with Crippen LogP contribution in [0.5, 0.6) is 0 Å². The number of carbonyl (C=O) groups is 1. The molecule has 0 aliphatic rings. The van der Waals surface area contributed by atoms with Crippen LogP contribution in [0.25, 0.3) is 22.3 Å². The third-order valence-electron chi connectivity index (χ3n) is 4.54. The SMILES string of the molecule is N#CCC(c1ccc(C(F)(F)F)nc1)n1cc(-c2ncnc3[nH]ccc23)cn1.O=C(O)C(F)(F)F. The number of rotatable bonds is 4. The van der Waals surface area contributed by atoms with Gasteiger partial charge in [-0.05, 0) is 17.7 Å². The highest BCUT2D eigenvalue weighted by molar-refractivity contribution is 5.89. The lowest BCUT2D eigenvalue weighted by atomic mass is 10.1. The number of alkyl halides is 6. The molecule has 0 saturated heterocycles. The van der Waals surface area contributed by atoms with Crippen molar-refractivity contribution >= 4 is 17.0 Å². The molecule has 4 aromatic rings. The quantitative estimate of drug-likeness (QED) is 0.400. The number of hydrogen-bond donors (Lipinski definition) is 2. The lowest BCUT2D eigenvalue weighted by molar-refractivity contribution is -0.192. The van der Waals surface area contributed by atoms with Crippen LogP contribution >= 0.6 is 0 Å². The predicted molar refractivity (Wildman–Crippen MR) is 106 cm³/mol. The van der Waals surface area contributed by atoms with Crippen LogP contribution in [0.2, 0.25) is 0 Å². The van der Waals surface area contributed by atoms with Crippen molar-refractivity contribution in [1.82, 2.24) is 29.7 Å². The van der Waals surface area contributed by atoms with Gasteiger partial charge in [-0.2, -0.15) is 36.7 Å². The van der Waals surface area contributed by atoms with E-state index in [1.165, 1.54) is 17.1 Å². The first-order valence-electron chi connectivity index (χ1n) is 9.44. The second kappa shape index (κ2) is 9.79. The minimum atomic E-state index is -5.08. The van der Waals surface area contributed by atoms with E-state index < -0.39 is 30.1 Å². The summed E-state index contributed by atoms with van der Waals surface area (Å²) in [5.41, 5.74) is 1.52. The monoisotopic (exact) mass is 497 g/mol. The van der Waals surface area contributed by atoms with Gasteiger partial charge in [0.2, 0.25) is 0 Å². The van der Waals surface area contributed by atoms with Gasteiger partial charge >= 0.3 is 18.3 Å². The average Bonchev–Trinajstić information content (AvgIpc) is 3.46. The summed E-state index contributed by atoms with van der Waals surface area (Å²) in [6, 6.07) is 5.53. The summed E-state index contributed by atoms with van der Waals surface area (Å²) in [6.07, 6.45) is -1.97. The zero-order valence-corrected chi connectivity index (χ0v) is 17.2. The van der Waals surface area contributed by atoms with Crippen molar-refractivity contribution in [2.75, 3.05) is 0 Å². The van der Waals surface area contributed by atoms with Crippen molar-refractivity contribution in [1.29, 1.82) is 5.26 Å². The molecule has 0 fully saturated rings. The molecular formula is C20H13F6N7O2. The molecule has 0 aromatic carbocycles. The first-order valence-corrected chi connectivity index (χ1v) is 9.44. The van der Waals surface area contributed by atoms with Crippen LogP contribution in [0.1, 0.15) is 23.7 Å². The molecule has 4 rings (SSSR count). The minimum absolute atomic E-state index is 0.0253. The number of carboxylic acid groups (broad SMARTS) is 1. The predicted octanol–water partition coefficient (Wildman–Crippen LogP) is 4.37. The van der Waals surface area contributed by atoms with E-state index in [-0.39, 0.29) is 6.42 Å². The molecule has 0 aliphatic heterocycles. The van der Waals surface area contributed by atoms with E-state index in [4.69, 9.17) is 15.2 Å². The van der Waals surface area contributed by atoms with Gasteiger partial charge in [0.15, 0.2) is 0 Å². The van der Waals surface area contributed by atoms with Crippen LogP contribution < -0.4 is 0 Å². The van der Waals surface area contributed by atoms with E-state index in [1.807, 2.05) is 12.1 Å². The molecule has 2 N–H and O–H groups in total. The van der Waals surface area contributed by atoms with Gasteiger partial charge in [-0.3, -0.25) is 9.67 Å². The summed E-state index contributed by atoms with van der Waals surface area (Å²) in [5, 5.41) is 21.4. The molecule has 0 amide bonds. The molecule has 35 heavy (non-hydrogen) atoms. The van der Waals surface area contributed by atoms with Crippen molar-refractivity contribution in [3.05, 3.63) is 60.6 Å². The van der Waals surface area contributed by atoms with Gasteiger partial charge in [-0.15, -0.1) is 0 Å². The third-order valence-corrected chi connectivity index (χ3v) is 4.54. The Bertz CT molecular complexity index is 1350. The molecule has 182 valence electrons. The van der Waals surface area contributed by atoms with E-state index in [0.717, 1.165) is 17.6 Å². The van der Waals surface area contributed by atoms with E-state index in [9.17, 15) is 26.3 Å². The maximum Gasteiger partial charge on any atom is 0.490 e. The number of carboxylic acids is 1. The van der Waals surface area contributed by atoms with Crippen molar-refractivity contribution in [3.8, 4) is 17.3 Å². The first kappa shape index (κ1) is 25.1. The Morgan fingerprint density at radius 3 is 2.40 bits per heavy atom. The first-order chi connectivity index (χ1) is 16.4. The molecule has 1 unspecified atom stereocenters. The number of fused-ring (bicyclic) bond motifs is 1. The number of aromatic amines is 1. The summed E-state index contributed by atoms with van der Waals surface area (Å²) in [6.45, 7) is 0. The highest BCUT2D eigenvalue weighted by Crippen LogP contribution is 2.30. The topological polar surface area (TPSA) is 133 Å². The maximum absolute atomic E-state index is 12.7. The largest absolute Gasteiger partial charge is 0.490 e. The summed E-state index contributed by atoms with van der Waals surface area (Å²) < 4.78 is 71.5. The summed E-state index contributed by atoms with van der Waals surface area (Å²) in [7, 11) is 0. The second-order valence-corrected chi connectivity index (χ2v) is 6.83. The van der Waals surface area contributed by atoms with E-state index in [0.29, 0.717) is 22.5 Å². The van der Waals surface area contributed by atoms with Gasteiger partial charge in [0.1, 0.15) is 17.7 Å². The van der Waals surface area contributed by atoms with Crippen LogP contribution in [0.3, 0.4) is 0 Å². The van der Waals surface area contributed by atoms with Crippen molar-refractivity contribution in [2.45, 2.75) is 24.8 Å². The number of pyridine rings is 1. The number of halogens is 6. The third kappa shape index (κ3) is 5.91. The Labute approximate surface area is 191 Å². The molecule has 1 atom stereocenters. The number of aromatic nitrogens is 6. The number of nitriles is 1. The van der Waals surface area contributed by atoms with E-state index in [2.05, 4.69) is 25.0 Å². The zero-order chi connectivity index (χ0) is 25.8. The van der Waals surface area contributed by atoms with Gasteiger partial charge in [0, 0.05) is 29.5 Å². The molecule has 15 heteroatoms. The number of aliphatic carboxylic acids is 1. The van der Waals surface area contributed by atoms with Crippen LogP contribution in [-0.4, -0.2) is 47.0 Å². The highest BCUT2D eigenvalue weighted by atomic mass is 19.4. The standard InChI is InChI=1S/C18H12F3N7.C2HF3O2/c19-18(20,21)15-2-1-11(7-24-15)14(3-5-22)28-9-12(8-27-28)16-13-4-6-23-17(13)26-10-25-16;3-2(4,5)1(6)7/h1-2,4,6-10,14H,3H2,(H,23,25,26);(H,6,7). The minimum Gasteiger partial charge on any atom is -0.475 e. The Morgan fingerprint density at radius 2 is 1.83 bits per heavy atom. The molecule has 0 aliphatic carbocycles. The number of nitrogens with zero attached hydrogens (tertiary/aromatic N) is 6. The average molecular weight is 497 g/mol. The second-order valence-electron chi connectivity index (χ2n) is 6.83. The molecule has 0 spiro atoms. The van der Waals surface area contributed by atoms with Gasteiger partial charge in [0.05, 0.1) is 30.4 Å².